The molecule has 2 rings (SSSR count). The first kappa shape index (κ1) is 9.70. The van der Waals surface area contributed by atoms with Crippen LogP contribution in [-0.4, -0.2) is 19.6 Å². The molecular formula is C8H9NO4S. The highest BCUT2D eigenvalue weighted by molar-refractivity contribution is 7.90. The molecule has 0 amide bonds. The molecule has 2 bridgehead atoms. The molecular weight excluding hydrogens is 206 g/mol. The molecule has 0 aliphatic carbocycles. The van der Waals surface area contributed by atoms with Gasteiger partial charge in [0.15, 0.2) is 0 Å². The molecule has 2 aliphatic rings. The van der Waals surface area contributed by atoms with E-state index in [2.05, 4.69) is 5.32 Å². The second kappa shape index (κ2) is 3.08. The first-order valence-corrected chi connectivity index (χ1v) is 5.51. The van der Waals surface area contributed by atoms with E-state index in [0.29, 0.717) is 24.4 Å². The summed E-state index contributed by atoms with van der Waals surface area (Å²) in [6.07, 6.45) is 2.91. The van der Waals surface area contributed by atoms with E-state index in [1.54, 1.807) is 6.08 Å². The summed E-state index contributed by atoms with van der Waals surface area (Å²) in [5, 5.41) is 2.80. The average molecular weight is 215 g/mol. The quantitative estimate of drug-likeness (QED) is 0.665. The van der Waals surface area contributed by atoms with Crippen molar-refractivity contribution < 1.29 is 17.7 Å². The van der Waals surface area contributed by atoms with Gasteiger partial charge in [-0.3, -0.25) is 9.87 Å². The lowest BCUT2D eigenvalue weighted by molar-refractivity contribution is 0.231. The molecule has 2 radical (unpaired) electrons. The lowest BCUT2D eigenvalue weighted by Crippen LogP contribution is -2.14. The number of nitrogens with one attached hydrogen (secondary N) is 1. The highest BCUT2D eigenvalue weighted by Crippen LogP contribution is 2.39. The number of fused-ring (bicyclic) bond motifs is 2. The molecule has 2 N–H and O–H groups in total. The summed E-state index contributed by atoms with van der Waals surface area (Å²) >= 11 is 0. The normalized spacial score (nSPS) is 22.4. The Labute approximate surface area is 82.2 Å². The molecule has 76 valence electrons. The van der Waals surface area contributed by atoms with Gasteiger partial charge in [-0.2, -0.15) is 8.42 Å². The fraction of sp³-hybridized carbons (Fsp3) is 0.250. The number of ether oxygens (including phenoxy) is 1. The number of hydrogen-bond acceptors (Lipinski definition) is 4. The summed E-state index contributed by atoms with van der Waals surface area (Å²) in [7, 11) is -4.13. The van der Waals surface area contributed by atoms with Gasteiger partial charge in [0.2, 0.25) is 0 Å². The maximum absolute atomic E-state index is 10.8. The van der Waals surface area contributed by atoms with Gasteiger partial charge in [-0.05, 0) is 19.1 Å². The first-order chi connectivity index (χ1) is 6.52. The van der Waals surface area contributed by atoms with Crippen LogP contribution >= 0.6 is 0 Å². The van der Waals surface area contributed by atoms with E-state index in [0.717, 1.165) is 0 Å². The summed E-state index contributed by atoms with van der Waals surface area (Å²) < 4.78 is 35.7. The molecule has 0 unspecified atom stereocenters. The molecule has 0 spiro atoms. The van der Waals surface area contributed by atoms with E-state index in [-0.39, 0.29) is 4.91 Å². The van der Waals surface area contributed by atoms with Crippen molar-refractivity contribution in [3.05, 3.63) is 34.9 Å². The lowest BCUT2D eigenvalue weighted by atomic mass is 10.2. The van der Waals surface area contributed by atoms with Gasteiger partial charge in [0.1, 0.15) is 17.8 Å². The van der Waals surface area contributed by atoms with Crippen molar-refractivity contribution in [3.63, 3.8) is 0 Å². The minimum atomic E-state index is -4.13. The second-order valence-electron chi connectivity index (χ2n) is 2.88. The van der Waals surface area contributed by atoms with Gasteiger partial charge in [-0.25, -0.2) is 0 Å². The average Bonchev–Trinajstić information content (AvgIpc) is 2.61. The van der Waals surface area contributed by atoms with Gasteiger partial charge in [0, 0.05) is 0 Å². The summed E-state index contributed by atoms with van der Waals surface area (Å²) in [5.41, 5.74) is 0. The van der Waals surface area contributed by atoms with Crippen LogP contribution < -0.4 is 5.32 Å². The summed E-state index contributed by atoms with van der Waals surface area (Å²) in [6.45, 7) is 2.35. The molecule has 0 aromatic carbocycles. The molecule has 0 aromatic heterocycles. The van der Waals surface area contributed by atoms with Gasteiger partial charge in [-0.1, -0.05) is 0 Å². The predicted octanol–water partition coefficient (Wildman–Crippen LogP) is 0.359. The van der Waals surface area contributed by atoms with E-state index < -0.39 is 10.1 Å². The molecule has 0 saturated carbocycles. The lowest BCUT2D eigenvalue weighted by Gasteiger charge is -2.09. The van der Waals surface area contributed by atoms with Crippen LogP contribution in [0.4, 0.5) is 0 Å². The predicted molar refractivity (Wildman–Crippen MR) is 49.0 cm³/mol. The topological polar surface area (TPSA) is 75.6 Å². The van der Waals surface area contributed by atoms with Crippen molar-refractivity contribution in [2.45, 2.75) is 6.92 Å². The van der Waals surface area contributed by atoms with E-state index in [1.165, 1.54) is 6.08 Å². The molecule has 2 heterocycles. The highest BCUT2D eigenvalue weighted by Gasteiger charge is 2.41. The molecule has 6 heteroatoms. The van der Waals surface area contributed by atoms with Crippen LogP contribution in [0.2, 0.25) is 0 Å². The Morgan fingerprint density at radius 1 is 1.43 bits per heavy atom. The van der Waals surface area contributed by atoms with Gasteiger partial charge < -0.3 is 4.74 Å². The van der Waals surface area contributed by atoms with Gasteiger partial charge in [-0.15, -0.1) is 0 Å². The molecule has 14 heavy (non-hydrogen) atoms. The second-order valence-corrected chi connectivity index (χ2v) is 4.27. The smallest absolute Gasteiger partial charge is 0.292 e. The van der Waals surface area contributed by atoms with E-state index in [9.17, 15) is 8.42 Å². The Morgan fingerprint density at radius 3 is 2.57 bits per heavy atom. The molecule has 0 aromatic rings. The van der Waals surface area contributed by atoms with Crippen LogP contribution in [-0.2, 0) is 14.9 Å². The molecule has 5 nitrogen and oxygen atoms in total. The maximum Gasteiger partial charge on any atom is 0.292 e. The molecule has 0 fully saturated rings. The minimum Gasteiger partial charge on any atom is -0.496 e. The fourth-order valence-electron chi connectivity index (χ4n) is 1.39. The zero-order valence-electron chi connectivity index (χ0n) is 7.44. The Bertz CT molecular complexity index is 409. The Morgan fingerprint density at radius 2 is 2.14 bits per heavy atom. The molecule has 0 saturated heterocycles. The molecule has 2 aliphatic heterocycles. The summed E-state index contributed by atoms with van der Waals surface area (Å²) in [5.74, 6) is 0.606. The standard InChI is InChI=1S/C8H9NO4S/c1-2-13-7-3-6-8(14(10,11)12)4-5(7)9-6/h3-4,9H,2H2,1H3,(H,10,11,12). The van der Waals surface area contributed by atoms with Crippen molar-refractivity contribution in [2.24, 2.45) is 0 Å². The van der Waals surface area contributed by atoms with Crippen LogP contribution in [0, 0.1) is 12.1 Å². The van der Waals surface area contributed by atoms with Crippen LogP contribution in [0.5, 0.6) is 0 Å². The zero-order chi connectivity index (χ0) is 10.3. The fourth-order valence-corrected chi connectivity index (χ4v) is 2.04. The van der Waals surface area contributed by atoms with Crippen LogP contribution in [0.25, 0.3) is 0 Å². The Hall–Kier alpha value is -0.850. The van der Waals surface area contributed by atoms with Crippen molar-refractivity contribution >= 4 is 10.1 Å². The summed E-state index contributed by atoms with van der Waals surface area (Å²) in [6, 6.07) is 0.945. The van der Waals surface area contributed by atoms with E-state index >= 15 is 0 Å². The van der Waals surface area contributed by atoms with Crippen LogP contribution in [0.15, 0.2) is 22.8 Å². The van der Waals surface area contributed by atoms with Crippen molar-refractivity contribution in [2.75, 3.05) is 6.61 Å². The third kappa shape index (κ3) is 1.45. The van der Waals surface area contributed by atoms with Gasteiger partial charge in [0.05, 0.1) is 11.5 Å². The Balaban J connectivity index is 2.21. The van der Waals surface area contributed by atoms with Gasteiger partial charge in [0.25, 0.3) is 10.1 Å². The first-order valence-electron chi connectivity index (χ1n) is 4.07. The number of hydrogen-bond donors (Lipinski definition) is 2. The zero-order valence-corrected chi connectivity index (χ0v) is 8.26. The number of rotatable bonds is 3. The maximum atomic E-state index is 10.8. The van der Waals surface area contributed by atoms with Crippen LogP contribution in [0.1, 0.15) is 6.92 Å². The minimum absolute atomic E-state index is 0.101. The van der Waals surface area contributed by atoms with E-state index in [1.807, 2.05) is 6.92 Å². The van der Waals surface area contributed by atoms with Crippen LogP contribution in [0.3, 0.4) is 0 Å². The molecule has 0 atom stereocenters. The van der Waals surface area contributed by atoms with Crippen molar-refractivity contribution in [1.82, 2.24) is 5.32 Å². The monoisotopic (exact) mass is 215 g/mol. The Kier molecular flexibility index (Phi) is 2.13. The van der Waals surface area contributed by atoms with Crippen molar-refractivity contribution in [1.29, 1.82) is 0 Å². The largest absolute Gasteiger partial charge is 0.496 e. The third-order valence-electron chi connectivity index (χ3n) is 1.93. The van der Waals surface area contributed by atoms with E-state index in [4.69, 9.17) is 9.29 Å². The SMILES string of the molecule is CCOC1=C[C]2N[C]1C=C2S(=O)(=O)O. The van der Waals surface area contributed by atoms with Crippen molar-refractivity contribution in [3.8, 4) is 0 Å². The third-order valence-corrected chi connectivity index (χ3v) is 2.82. The highest BCUT2D eigenvalue weighted by atomic mass is 32.2. The summed E-state index contributed by atoms with van der Waals surface area (Å²) in [4.78, 5) is -0.101. The van der Waals surface area contributed by atoms with Gasteiger partial charge >= 0.3 is 0 Å².